The second-order valence-corrected chi connectivity index (χ2v) is 6.81. The molecule has 0 aliphatic carbocycles. The molecule has 0 aromatic carbocycles. The van der Waals surface area contributed by atoms with Crippen molar-refractivity contribution in [3.8, 4) is 10.6 Å². The molecule has 3 rings (SSSR count). The van der Waals surface area contributed by atoms with Gasteiger partial charge in [-0.05, 0) is 25.3 Å². The lowest BCUT2D eigenvalue weighted by Crippen LogP contribution is -2.31. The maximum Gasteiger partial charge on any atom is 0.239 e. The second-order valence-electron chi connectivity index (χ2n) is 5.87. The highest BCUT2D eigenvalue weighted by Crippen LogP contribution is 2.25. The van der Waals surface area contributed by atoms with E-state index >= 15 is 0 Å². The van der Waals surface area contributed by atoms with Crippen molar-refractivity contribution in [1.82, 2.24) is 19.9 Å². The maximum absolute atomic E-state index is 12.2. The third-order valence-electron chi connectivity index (χ3n) is 4.03. The Balaban J connectivity index is 1.58. The molecule has 0 saturated heterocycles. The number of pyridine rings is 1. The molecule has 0 atom stereocenters. The number of thiophene rings is 1. The van der Waals surface area contributed by atoms with Gasteiger partial charge in [0.2, 0.25) is 5.91 Å². The Hall–Kier alpha value is -2.67. The van der Waals surface area contributed by atoms with Crippen LogP contribution in [0.15, 0.2) is 40.8 Å². The first-order valence-corrected chi connectivity index (χ1v) is 8.93. The molecule has 3 heterocycles. The molecular weight excluding hydrogens is 336 g/mol. The van der Waals surface area contributed by atoms with Crippen LogP contribution >= 0.6 is 11.3 Å². The molecule has 0 radical (unpaired) electrons. The first-order valence-electron chi connectivity index (χ1n) is 8.05. The van der Waals surface area contributed by atoms with Crippen molar-refractivity contribution in [3.63, 3.8) is 0 Å². The lowest BCUT2D eigenvalue weighted by molar-refractivity contribution is -0.121. The van der Waals surface area contributed by atoms with Gasteiger partial charge in [-0.3, -0.25) is 9.59 Å². The zero-order chi connectivity index (χ0) is 17.8. The first kappa shape index (κ1) is 17.2. The van der Waals surface area contributed by atoms with Gasteiger partial charge in [0.05, 0.1) is 11.2 Å². The highest BCUT2D eigenvalue weighted by Gasteiger charge is 2.10. The number of carbonyl (C=O) groups is 1. The number of rotatable bonds is 6. The summed E-state index contributed by atoms with van der Waals surface area (Å²) in [5, 5.41) is 4.95. The number of nitrogens with zero attached hydrogens (tertiary/aromatic N) is 2. The highest BCUT2D eigenvalue weighted by atomic mass is 32.1. The maximum atomic E-state index is 12.2. The van der Waals surface area contributed by atoms with Crippen LogP contribution in [0.3, 0.4) is 0 Å². The van der Waals surface area contributed by atoms with Crippen LogP contribution in [0, 0.1) is 13.8 Å². The molecule has 0 aliphatic heterocycles. The van der Waals surface area contributed by atoms with Crippen molar-refractivity contribution in [1.29, 1.82) is 0 Å². The smallest absolute Gasteiger partial charge is 0.239 e. The van der Waals surface area contributed by atoms with Gasteiger partial charge in [0, 0.05) is 42.2 Å². The van der Waals surface area contributed by atoms with Crippen molar-refractivity contribution in [3.05, 3.63) is 63.3 Å². The minimum absolute atomic E-state index is 0.0352. The summed E-state index contributed by atoms with van der Waals surface area (Å²) >= 11 is 1.64. The Morgan fingerprint density at radius 1 is 1.32 bits per heavy atom. The number of amides is 1. The predicted octanol–water partition coefficient (Wildman–Crippen LogP) is 2.28. The first-order chi connectivity index (χ1) is 12.0. The van der Waals surface area contributed by atoms with Crippen molar-refractivity contribution in [2.24, 2.45) is 0 Å². The molecule has 2 N–H and O–H groups in total. The topological polar surface area (TPSA) is 79.8 Å². The minimum Gasteiger partial charge on any atom is -0.354 e. The average Bonchev–Trinajstić information content (AvgIpc) is 3.21. The predicted molar refractivity (Wildman–Crippen MR) is 98.8 cm³/mol. The quantitative estimate of drug-likeness (QED) is 0.711. The molecule has 0 aliphatic rings. The molecule has 3 aromatic rings. The van der Waals surface area contributed by atoms with Gasteiger partial charge in [0.25, 0.3) is 0 Å². The van der Waals surface area contributed by atoms with Crippen LogP contribution in [0.5, 0.6) is 0 Å². The van der Waals surface area contributed by atoms with Gasteiger partial charge in [-0.15, -0.1) is 11.3 Å². The normalized spacial score (nSPS) is 10.8. The van der Waals surface area contributed by atoms with Crippen LogP contribution in [-0.2, 0) is 17.8 Å². The molecule has 0 bridgehead atoms. The van der Waals surface area contributed by atoms with Crippen molar-refractivity contribution < 1.29 is 4.79 Å². The SMILES string of the molecule is Cc1cc(=O)cc(C)n1CC(=O)NCCc1[nH]cnc1-c1cccs1. The molecule has 0 saturated carbocycles. The summed E-state index contributed by atoms with van der Waals surface area (Å²) in [6.07, 6.45) is 2.36. The molecule has 6 nitrogen and oxygen atoms in total. The van der Waals surface area contributed by atoms with Gasteiger partial charge in [-0.1, -0.05) is 6.07 Å². The van der Waals surface area contributed by atoms with Gasteiger partial charge in [-0.2, -0.15) is 0 Å². The summed E-state index contributed by atoms with van der Waals surface area (Å²) in [7, 11) is 0. The molecule has 25 heavy (non-hydrogen) atoms. The van der Waals surface area contributed by atoms with E-state index in [0.717, 1.165) is 27.7 Å². The molecule has 0 unspecified atom stereocenters. The van der Waals surface area contributed by atoms with Crippen LogP contribution in [0.1, 0.15) is 17.1 Å². The molecule has 1 amide bonds. The molecule has 7 heteroatoms. The van der Waals surface area contributed by atoms with Gasteiger partial charge in [0.1, 0.15) is 12.2 Å². The molecule has 0 fully saturated rings. The Bertz CT molecular complexity index is 899. The zero-order valence-electron chi connectivity index (χ0n) is 14.2. The monoisotopic (exact) mass is 356 g/mol. The van der Waals surface area contributed by atoms with E-state index < -0.39 is 0 Å². The van der Waals surface area contributed by atoms with E-state index in [2.05, 4.69) is 15.3 Å². The van der Waals surface area contributed by atoms with E-state index in [1.807, 2.05) is 35.9 Å². The summed E-state index contributed by atoms with van der Waals surface area (Å²) in [4.78, 5) is 32.3. The third kappa shape index (κ3) is 4.06. The standard InChI is InChI=1S/C18H20N4O2S/c1-12-8-14(23)9-13(2)22(12)10-17(24)19-6-5-15-18(21-11-20-15)16-4-3-7-25-16/h3-4,7-9,11H,5-6,10H2,1-2H3,(H,19,24)(H,20,21). The largest absolute Gasteiger partial charge is 0.354 e. The summed E-state index contributed by atoms with van der Waals surface area (Å²) in [5.74, 6) is -0.0768. The fourth-order valence-electron chi connectivity index (χ4n) is 2.80. The third-order valence-corrected chi connectivity index (χ3v) is 4.90. The number of hydrogen-bond donors (Lipinski definition) is 2. The zero-order valence-corrected chi connectivity index (χ0v) is 15.0. The van der Waals surface area contributed by atoms with Crippen LogP contribution in [-0.4, -0.2) is 27.0 Å². The summed E-state index contributed by atoms with van der Waals surface area (Å²) < 4.78 is 1.84. The van der Waals surface area contributed by atoms with Crippen molar-refractivity contribution >= 4 is 17.2 Å². The van der Waals surface area contributed by atoms with Gasteiger partial charge in [-0.25, -0.2) is 4.98 Å². The second kappa shape index (κ2) is 7.48. The number of nitrogens with one attached hydrogen (secondary N) is 2. The number of aromatic nitrogens is 3. The Morgan fingerprint density at radius 3 is 2.76 bits per heavy atom. The number of hydrogen-bond acceptors (Lipinski definition) is 4. The lowest BCUT2D eigenvalue weighted by Gasteiger charge is -2.14. The number of H-pyrrole nitrogens is 1. The van der Waals surface area contributed by atoms with Crippen LogP contribution in [0.4, 0.5) is 0 Å². The van der Waals surface area contributed by atoms with E-state index in [4.69, 9.17) is 0 Å². The van der Waals surface area contributed by atoms with E-state index in [1.54, 1.807) is 17.7 Å². The van der Waals surface area contributed by atoms with E-state index in [1.165, 1.54) is 12.1 Å². The minimum atomic E-state index is -0.0768. The van der Waals surface area contributed by atoms with E-state index in [9.17, 15) is 9.59 Å². The fourth-order valence-corrected chi connectivity index (χ4v) is 3.55. The Morgan fingerprint density at radius 2 is 2.08 bits per heavy atom. The number of aromatic amines is 1. The van der Waals surface area contributed by atoms with Crippen molar-refractivity contribution in [2.45, 2.75) is 26.8 Å². The van der Waals surface area contributed by atoms with E-state index in [0.29, 0.717) is 13.0 Å². The highest BCUT2D eigenvalue weighted by molar-refractivity contribution is 7.13. The number of imidazole rings is 1. The number of aryl methyl sites for hydroxylation is 2. The van der Waals surface area contributed by atoms with E-state index in [-0.39, 0.29) is 17.9 Å². The molecular formula is C18H20N4O2S. The summed E-state index contributed by atoms with van der Waals surface area (Å²) in [6, 6.07) is 7.11. The lowest BCUT2D eigenvalue weighted by atomic mass is 10.2. The summed E-state index contributed by atoms with van der Waals surface area (Å²) in [6.45, 7) is 4.40. The van der Waals surface area contributed by atoms with Crippen LogP contribution in [0.2, 0.25) is 0 Å². The van der Waals surface area contributed by atoms with Crippen LogP contribution < -0.4 is 10.7 Å². The average molecular weight is 356 g/mol. The Labute approximate surface area is 149 Å². The summed E-state index contributed by atoms with van der Waals surface area (Å²) in [5.41, 5.74) is 3.49. The molecule has 0 spiro atoms. The number of carbonyl (C=O) groups excluding carboxylic acids is 1. The Kier molecular flexibility index (Phi) is 5.14. The fraction of sp³-hybridized carbons (Fsp3) is 0.278. The molecule has 3 aromatic heterocycles. The van der Waals surface area contributed by atoms with Crippen LogP contribution in [0.25, 0.3) is 10.6 Å². The van der Waals surface area contributed by atoms with Gasteiger partial charge >= 0.3 is 0 Å². The molecule has 130 valence electrons. The van der Waals surface area contributed by atoms with Gasteiger partial charge < -0.3 is 14.9 Å². The van der Waals surface area contributed by atoms with Gasteiger partial charge in [0.15, 0.2) is 5.43 Å². The van der Waals surface area contributed by atoms with Crippen molar-refractivity contribution in [2.75, 3.05) is 6.54 Å².